The predicted molar refractivity (Wildman–Crippen MR) is 79.5 cm³/mol. The zero-order chi connectivity index (χ0) is 14.5. The van der Waals surface area contributed by atoms with Gasteiger partial charge in [-0.1, -0.05) is 19.1 Å². The molecule has 112 valence electrons. The number of hydrogen-bond donors (Lipinski definition) is 0. The van der Waals surface area contributed by atoms with E-state index in [0.717, 1.165) is 44.4 Å². The van der Waals surface area contributed by atoms with Crippen molar-refractivity contribution in [2.75, 3.05) is 0 Å². The van der Waals surface area contributed by atoms with Crippen LogP contribution in [0.3, 0.4) is 0 Å². The van der Waals surface area contributed by atoms with Crippen LogP contribution in [-0.2, 0) is 9.59 Å². The summed E-state index contributed by atoms with van der Waals surface area (Å²) in [5, 5.41) is 0. The van der Waals surface area contributed by atoms with Crippen LogP contribution in [-0.4, -0.2) is 11.6 Å². The molecule has 0 bridgehead atoms. The van der Waals surface area contributed by atoms with Gasteiger partial charge in [-0.05, 0) is 55.3 Å². The van der Waals surface area contributed by atoms with Gasteiger partial charge in [-0.3, -0.25) is 9.59 Å². The second-order valence-corrected chi connectivity index (χ2v) is 8.77. The van der Waals surface area contributed by atoms with Gasteiger partial charge >= 0.3 is 0 Å². The molecule has 4 saturated carbocycles. The summed E-state index contributed by atoms with van der Waals surface area (Å²) in [6, 6.07) is 0. The summed E-state index contributed by atoms with van der Waals surface area (Å²) in [5.41, 5.74) is 0.634. The largest absolute Gasteiger partial charge is 0.300 e. The zero-order valence-electron chi connectivity index (χ0n) is 12.9. The molecule has 0 aromatic carbocycles. The van der Waals surface area contributed by atoms with E-state index in [2.05, 4.69) is 19.1 Å². The number of carbonyl (C=O) groups excluding carboxylic acids is 2. The fourth-order valence-electron chi connectivity index (χ4n) is 7.04. The molecule has 0 spiro atoms. The first kappa shape index (κ1) is 12.6. The SMILES string of the molecule is C[C@]12CC[C@H]3[C@@H](C=CC45CC(=O)CC[C@]34C5)[C@@H]1CCC2=O. The van der Waals surface area contributed by atoms with E-state index in [-0.39, 0.29) is 10.8 Å². The topological polar surface area (TPSA) is 34.1 Å². The van der Waals surface area contributed by atoms with Crippen LogP contribution in [0.2, 0.25) is 0 Å². The average Bonchev–Trinajstić information content (AvgIpc) is 3.05. The van der Waals surface area contributed by atoms with Gasteiger partial charge in [0.05, 0.1) is 0 Å². The van der Waals surface area contributed by atoms with Crippen LogP contribution in [0.4, 0.5) is 0 Å². The molecule has 2 nitrogen and oxygen atoms in total. The van der Waals surface area contributed by atoms with Crippen molar-refractivity contribution < 1.29 is 9.59 Å². The molecule has 5 aliphatic rings. The lowest BCUT2D eigenvalue weighted by atomic mass is 9.52. The Balaban J connectivity index is 1.56. The summed E-state index contributed by atoms with van der Waals surface area (Å²) in [7, 11) is 0. The first-order valence-corrected chi connectivity index (χ1v) is 8.75. The maximum absolute atomic E-state index is 12.4. The summed E-state index contributed by atoms with van der Waals surface area (Å²) in [6.07, 6.45) is 13.0. The fraction of sp³-hybridized carbons (Fsp3) is 0.789. The number of fused-ring (bicyclic) bond motifs is 3. The van der Waals surface area contributed by atoms with E-state index < -0.39 is 0 Å². The molecule has 0 heterocycles. The quantitative estimate of drug-likeness (QED) is 0.636. The molecule has 5 rings (SSSR count). The fourth-order valence-corrected chi connectivity index (χ4v) is 7.04. The molecule has 0 saturated heterocycles. The van der Waals surface area contributed by atoms with Crippen LogP contribution in [0.25, 0.3) is 0 Å². The van der Waals surface area contributed by atoms with E-state index >= 15 is 0 Å². The Morgan fingerprint density at radius 2 is 1.95 bits per heavy atom. The second kappa shape index (κ2) is 3.52. The van der Waals surface area contributed by atoms with Gasteiger partial charge in [-0.25, -0.2) is 0 Å². The van der Waals surface area contributed by atoms with Crippen LogP contribution in [0.15, 0.2) is 12.2 Å². The molecule has 0 amide bonds. The monoisotopic (exact) mass is 284 g/mol. The lowest BCUT2D eigenvalue weighted by molar-refractivity contribution is -0.130. The van der Waals surface area contributed by atoms with E-state index in [1.54, 1.807) is 0 Å². The number of carbonyl (C=O) groups is 2. The van der Waals surface area contributed by atoms with Crippen molar-refractivity contribution in [3.63, 3.8) is 0 Å². The highest BCUT2D eigenvalue weighted by Gasteiger charge is 2.74. The maximum Gasteiger partial charge on any atom is 0.139 e. The third-order valence-electron chi connectivity index (χ3n) is 8.25. The van der Waals surface area contributed by atoms with Gasteiger partial charge in [0.15, 0.2) is 0 Å². The van der Waals surface area contributed by atoms with Gasteiger partial charge in [-0.15, -0.1) is 0 Å². The molecular weight excluding hydrogens is 260 g/mol. The summed E-state index contributed by atoms with van der Waals surface area (Å²) >= 11 is 0. The number of hydrogen-bond acceptors (Lipinski definition) is 2. The van der Waals surface area contributed by atoms with E-state index in [1.165, 1.54) is 12.8 Å². The Labute approximate surface area is 126 Å². The van der Waals surface area contributed by atoms with Crippen LogP contribution < -0.4 is 0 Å². The molecule has 1 unspecified atom stereocenters. The standard InChI is InChI=1S/C19H24O2/c1-17-7-6-15-13(14(17)2-3-16(17)21)5-8-18-10-12(20)4-9-19(15,18)11-18/h5,8,13-15H,2-4,6-7,9-11H2,1H3/t13-,14-,15-,17-,18?,19-/m0/s1. The normalized spacial score (nSPS) is 57.3. The van der Waals surface area contributed by atoms with Crippen LogP contribution >= 0.6 is 0 Å². The summed E-state index contributed by atoms with van der Waals surface area (Å²) < 4.78 is 0. The van der Waals surface area contributed by atoms with Gasteiger partial charge in [-0.2, -0.15) is 0 Å². The van der Waals surface area contributed by atoms with E-state index in [4.69, 9.17) is 0 Å². The van der Waals surface area contributed by atoms with Gasteiger partial charge < -0.3 is 0 Å². The van der Waals surface area contributed by atoms with Gasteiger partial charge in [0.2, 0.25) is 0 Å². The lowest BCUT2D eigenvalue weighted by Gasteiger charge is -2.51. The number of rotatable bonds is 0. The van der Waals surface area contributed by atoms with Gasteiger partial charge in [0, 0.05) is 30.1 Å². The Kier molecular flexibility index (Phi) is 2.11. The number of Topliss-reactive ketones (excluding diaryl/α,β-unsaturated/α-hetero) is 2. The number of ketones is 2. The minimum Gasteiger partial charge on any atom is -0.300 e. The number of allylic oxidation sites excluding steroid dienone is 2. The molecular formula is C19H24O2. The third-order valence-corrected chi connectivity index (χ3v) is 8.25. The molecule has 6 atom stereocenters. The van der Waals surface area contributed by atoms with E-state index in [1.807, 2.05) is 0 Å². The zero-order valence-corrected chi connectivity index (χ0v) is 12.9. The maximum atomic E-state index is 12.4. The minimum atomic E-state index is -0.0402. The van der Waals surface area contributed by atoms with Gasteiger partial charge in [0.25, 0.3) is 0 Å². The van der Waals surface area contributed by atoms with Crippen LogP contribution in [0.1, 0.15) is 58.3 Å². The highest BCUT2D eigenvalue weighted by Crippen LogP contribution is 2.80. The molecule has 21 heavy (non-hydrogen) atoms. The first-order valence-electron chi connectivity index (χ1n) is 8.75. The first-order chi connectivity index (χ1) is 10.0. The van der Waals surface area contributed by atoms with E-state index in [0.29, 0.717) is 28.8 Å². The third kappa shape index (κ3) is 1.27. The Morgan fingerprint density at radius 3 is 2.81 bits per heavy atom. The highest BCUT2D eigenvalue weighted by molar-refractivity contribution is 5.87. The molecule has 0 aromatic rings. The Morgan fingerprint density at radius 1 is 1.10 bits per heavy atom. The molecule has 4 fully saturated rings. The molecule has 0 N–H and O–H groups in total. The summed E-state index contributed by atoms with van der Waals surface area (Å²) in [6.45, 7) is 2.23. The highest BCUT2D eigenvalue weighted by atomic mass is 16.1. The molecule has 5 aliphatic carbocycles. The Bertz CT molecular complexity index is 586. The molecule has 2 heteroatoms. The van der Waals surface area contributed by atoms with Crippen LogP contribution in [0, 0.1) is 34.0 Å². The predicted octanol–water partition coefficient (Wildman–Crippen LogP) is 3.70. The van der Waals surface area contributed by atoms with Crippen molar-refractivity contribution in [2.24, 2.45) is 34.0 Å². The molecule has 0 radical (unpaired) electrons. The average molecular weight is 284 g/mol. The van der Waals surface area contributed by atoms with E-state index in [9.17, 15) is 9.59 Å². The van der Waals surface area contributed by atoms with Crippen molar-refractivity contribution in [3.8, 4) is 0 Å². The minimum absolute atomic E-state index is 0.0402. The lowest BCUT2D eigenvalue weighted by Crippen LogP contribution is -2.47. The van der Waals surface area contributed by atoms with Crippen molar-refractivity contribution in [1.82, 2.24) is 0 Å². The second-order valence-electron chi connectivity index (χ2n) is 8.77. The summed E-state index contributed by atoms with van der Waals surface area (Å²) in [5.74, 6) is 2.93. The summed E-state index contributed by atoms with van der Waals surface area (Å²) in [4.78, 5) is 24.3. The van der Waals surface area contributed by atoms with Crippen molar-refractivity contribution in [3.05, 3.63) is 12.2 Å². The smallest absolute Gasteiger partial charge is 0.139 e. The van der Waals surface area contributed by atoms with Crippen LogP contribution in [0.5, 0.6) is 0 Å². The molecule has 0 aliphatic heterocycles. The van der Waals surface area contributed by atoms with Crippen molar-refractivity contribution in [2.45, 2.75) is 58.3 Å². The Hall–Kier alpha value is -0.920. The van der Waals surface area contributed by atoms with Crippen molar-refractivity contribution >= 4 is 11.6 Å². The van der Waals surface area contributed by atoms with Gasteiger partial charge in [0.1, 0.15) is 11.6 Å². The van der Waals surface area contributed by atoms with Crippen molar-refractivity contribution in [1.29, 1.82) is 0 Å². The molecule has 0 aromatic heterocycles.